The van der Waals surface area contributed by atoms with Gasteiger partial charge in [0.1, 0.15) is 45.5 Å². The van der Waals surface area contributed by atoms with E-state index in [2.05, 4.69) is 89.5 Å². The molecule has 1 aromatic carbocycles. The number of nitrogens with zero attached hydrogens (tertiary/aromatic N) is 3. The van der Waals surface area contributed by atoms with Crippen LogP contribution < -0.4 is 21.3 Å². The van der Waals surface area contributed by atoms with Gasteiger partial charge in [0.15, 0.2) is 34.7 Å². The van der Waals surface area contributed by atoms with E-state index in [0.717, 1.165) is 127 Å². The molecule has 7 saturated carbocycles. The number of amides is 7. The number of rotatable bonds is 47. The molecule has 28 heteroatoms. The van der Waals surface area contributed by atoms with Crippen molar-refractivity contribution >= 4 is 104 Å². The fraction of sp³-hybridized carbons (Fsp3) is 0.741. The van der Waals surface area contributed by atoms with E-state index in [9.17, 15) is 85.1 Å². The number of nitrogens with one attached hydrogen (secondary N) is 4. The minimum absolute atomic E-state index is 0.00103. The van der Waals surface area contributed by atoms with Crippen LogP contribution in [0.25, 0.3) is 0 Å². The van der Waals surface area contributed by atoms with Crippen molar-refractivity contribution in [3.8, 4) is 0 Å². The molecule has 7 aliphatic carbocycles. The Bertz CT molecular complexity index is 4580. The number of urea groups is 1. The normalized spacial score (nSPS) is 25.4. The van der Waals surface area contributed by atoms with E-state index in [0.29, 0.717) is 76.9 Å². The molecule has 3 heterocycles. The molecule has 7 amide bonds. The van der Waals surface area contributed by atoms with E-state index in [-0.39, 0.29) is 186 Å². The van der Waals surface area contributed by atoms with Gasteiger partial charge >= 0.3 is 18.2 Å². The highest BCUT2D eigenvalue weighted by atomic mass is 32.2. The molecule has 10 aliphatic rings. The third kappa shape index (κ3) is 30.2. The monoisotopic (exact) mass is 1910 g/mol. The maximum Gasteiger partial charge on any atom is 0.408 e. The number of likely N-dealkylation sites (tertiary alicyclic amines) is 3. The van der Waals surface area contributed by atoms with Gasteiger partial charge in [-0.3, -0.25) is 62.3 Å². The Hall–Kier alpha value is -8.69. The van der Waals surface area contributed by atoms with Gasteiger partial charge in [-0.15, -0.1) is 19.7 Å². The second kappa shape index (κ2) is 48.9. The summed E-state index contributed by atoms with van der Waals surface area (Å²) >= 11 is 0. The molecule has 3 aliphatic heterocycles. The lowest BCUT2D eigenvalue weighted by Crippen LogP contribution is -2.59. The van der Waals surface area contributed by atoms with Crippen LogP contribution in [-0.2, 0) is 88.1 Å². The molecule has 0 aromatic heterocycles. The Morgan fingerprint density at radius 1 is 0.478 bits per heavy atom. The summed E-state index contributed by atoms with van der Waals surface area (Å²) in [6.45, 7) is 40.1. The smallest absolute Gasteiger partial charge is 0.408 e. The highest BCUT2D eigenvalue weighted by Crippen LogP contribution is 2.68. The lowest BCUT2D eigenvalue weighted by atomic mass is 9.82. The minimum atomic E-state index is -3.27. The predicted octanol–water partition coefficient (Wildman–Crippen LogP) is 16.8. The Balaban J connectivity index is 0.000000230. The molecule has 1 aromatic rings. The zero-order valence-corrected chi connectivity index (χ0v) is 85.3. The van der Waals surface area contributed by atoms with Crippen LogP contribution in [0.1, 0.15) is 327 Å². The number of benzene rings is 1. The van der Waals surface area contributed by atoms with Gasteiger partial charge in [-0.05, 0) is 238 Å². The molecule has 756 valence electrons. The molecule has 136 heavy (non-hydrogen) atoms. The van der Waals surface area contributed by atoms with Gasteiger partial charge in [-0.1, -0.05) is 168 Å². The minimum Gasteiger partial charge on any atom is -0.446 e. The number of carbonyl (C=O) groups is 16. The second-order valence-electron chi connectivity index (χ2n) is 45.3. The second-order valence-corrected chi connectivity index (χ2v) is 47.6. The average molecular weight is 1910 g/mol. The molecule has 10 fully saturated rings. The summed E-state index contributed by atoms with van der Waals surface area (Å²) in [6.07, 6.45) is 25.6. The van der Waals surface area contributed by atoms with Crippen molar-refractivity contribution in [2.75, 3.05) is 31.6 Å². The standard InChI is InChI=1S/C41H58N2O7.C34H52N2O6.C33H53N3O7S/c1-7-8-18-29(37(47)32(45)22-15-21-30(44)24-23-27-16-11-9-12-17-27)25-33(46)36-34-31(41(34,5)6)26-43(36)38(48)35(28-19-13-10-14-20-28)42-39(49)50-40(2,3)4;1-6-8-15-26(37)31(39)23(12-7-2)19-27(38)30-28-25(34(28,4)5)20-36(30)32(40)29(22-13-10-9-11-14-22)35-33(41)42-24-17-16-21(3)18-24;1-8-9-14-22(29(39)24(37)17-13-18-44(7,42)43)19-25(38)28-26-23(33(26,5)6)20-36(28)30(40)27(21-15-11-10-12-16-21)34-31(41)35-32(2,3)4/h7,9,11-12,16-17,28-29,31,34-36H,1,8,10,13-15,18-26H2,2-6H3,(H,42,49);6,21-25,28-30H,1,7-20H2,2-5H3,(H,35,41);8,21-23,26-28H,1,9-20H2,2-7H3,(H2,34,35,41)/t29?,31-,34-,35-,36+;21?,23?,24?,25-,28-,29-,30+;22?,23-,26-,27-,28+/m000/s1. The number of Topliss-reactive ketones (excluding diaryl/α,β-unsaturated/α-hetero) is 10. The number of aryl methyl sites for hydroxylation is 1. The van der Waals surface area contributed by atoms with Crippen LogP contribution in [-0.4, -0.2) is 202 Å². The number of allylic oxidation sites excluding steroid dienone is 3. The fourth-order valence-electron chi connectivity index (χ4n) is 23.6. The molecule has 17 atom stereocenters. The average Bonchev–Trinajstić information content (AvgIpc) is 1.53. The Kier molecular flexibility index (Phi) is 39.9. The molecule has 11 rings (SSSR count). The number of carbonyl (C=O) groups excluding carboxylic acids is 16. The van der Waals surface area contributed by atoms with Crippen LogP contribution in [0.15, 0.2) is 68.3 Å². The van der Waals surface area contributed by atoms with E-state index in [1.807, 2.05) is 58.0 Å². The van der Waals surface area contributed by atoms with Crippen LogP contribution in [0.2, 0.25) is 0 Å². The zero-order chi connectivity index (χ0) is 100. The lowest BCUT2D eigenvalue weighted by Gasteiger charge is -2.37. The topological polar surface area (TPSA) is 384 Å². The van der Waals surface area contributed by atoms with Gasteiger partial charge in [0.05, 0.1) is 23.9 Å². The van der Waals surface area contributed by atoms with Gasteiger partial charge in [-0.25, -0.2) is 22.8 Å². The van der Waals surface area contributed by atoms with Crippen molar-refractivity contribution in [3.05, 3.63) is 73.9 Å². The number of alkyl carbamates (subject to hydrolysis) is 2. The molecular formula is C108H163N7O20S. The number of ether oxygens (including phenoxy) is 2. The summed E-state index contributed by atoms with van der Waals surface area (Å²) in [6, 6.07) is 4.90. The van der Waals surface area contributed by atoms with Crippen LogP contribution in [0.5, 0.6) is 0 Å². The first-order valence-electron chi connectivity index (χ1n) is 51.3. The van der Waals surface area contributed by atoms with Crippen molar-refractivity contribution in [1.29, 1.82) is 0 Å². The first-order valence-corrected chi connectivity index (χ1v) is 53.4. The third-order valence-electron chi connectivity index (χ3n) is 31.5. The van der Waals surface area contributed by atoms with E-state index in [1.165, 1.54) is 0 Å². The largest absolute Gasteiger partial charge is 0.446 e. The molecule has 0 bridgehead atoms. The number of hydrogen-bond donors (Lipinski definition) is 4. The zero-order valence-electron chi connectivity index (χ0n) is 84.5. The van der Waals surface area contributed by atoms with Crippen LogP contribution in [0, 0.1) is 93.2 Å². The summed E-state index contributed by atoms with van der Waals surface area (Å²) in [7, 11) is -3.27. The predicted molar refractivity (Wildman–Crippen MR) is 522 cm³/mol. The SMILES string of the molecule is C=CCCC(=O)C(=O)C(CCC)CC(=O)[C@@H]1[C@@H]2[C@H](CN1C(=O)[C@@H](NC(=O)OC1CCC(C)C1)C1CCCCC1)C2(C)C.C=CCCC(CC(=O)[C@@H]1[C@@H]2[C@H](CN1C(=O)[C@@H](NC(=O)NC(C)(C)C)C1CCCCC1)C2(C)C)C(=O)C(=O)CCCS(C)(=O)=O.C=CCCC(CC(=O)[C@@H]1[C@@H]2[C@H](CN1C(=O)[C@@H](NC(=O)OC(C)(C)C)C1CCCCC1)C2(C)C)C(=O)C(=O)CCCC(=O)CCc1ccccc1. The molecule has 3 saturated heterocycles. The van der Waals surface area contributed by atoms with Crippen molar-refractivity contribution < 1.29 is 94.6 Å². The van der Waals surface area contributed by atoms with Crippen LogP contribution >= 0.6 is 0 Å². The number of fused-ring (bicyclic) bond motifs is 3. The van der Waals surface area contributed by atoms with Gasteiger partial charge in [0.2, 0.25) is 35.1 Å². The first kappa shape index (κ1) is 111. The maximum atomic E-state index is 14.4. The number of piperidine rings is 3. The molecular weight excluding hydrogens is 1750 g/mol. The third-order valence-corrected chi connectivity index (χ3v) is 32.5. The molecule has 5 unspecified atom stereocenters. The van der Waals surface area contributed by atoms with Gasteiger partial charge < -0.3 is 45.4 Å². The van der Waals surface area contributed by atoms with E-state index in [4.69, 9.17) is 9.47 Å². The molecule has 27 nitrogen and oxygen atoms in total. The highest BCUT2D eigenvalue weighted by molar-refractivity contribution is 7.90. The first-order chi connectivity index (χ1) is 64.0. The summed E-state index contributed by atoms with van der Waals surface area (Å²) in [5, 5.41) is 11.7. The molecule has 0 spiro atoms. The molecule has 0 radical (unpaired) electrons. The Morgan fingerprint density at radius 3 is 1.23 bits per heavy atom. The van der Waals surface area contributed by atoms with E-state index in [1.54, 1.807) is 53.7 Å². The number of sulfone groups is 1. The highest BCUT2D eigenvalue weighted by Gasteiger charge is 2.72. The van der Waals surface area contributed by atoms with Crippen LogP contribution in [0.4, 0.5) is 14.4 Å². The Labute approximate surface area is 809 Å². The molecule has 4 N–H and O–H groups in total. The number of ketones is 10. The van der Waals surface area contributed by atoms with Crippen molar-refractivity contribution in [2.45, 2.75) is 382 Å². The fourth-order valence-corrected chi connectivity index (χ4v) is 24.3. The van der Waals surface area contributed by atoms with Crippen LogP contribution in [0.3, 0.4) is 0 Å². The van der Waals surface area contributed by atoms with Crippen molar-refractivity contribution in [1.82, 2.24) is 36.0 Å². The summed E-state index contributed by atoms with van der Waals surface area (Å²) < 4.78 is 34.2. The van der Waals surface area contributed by atoms with Gasteiger partial charge in [0.25, 0.3) is 0 Å². The summed E-state index contributed by atoms with van der Waals surface area (Å²) in [5.74, 6) is -6.50. The summed E-state index contributed by atoms with van der Waals surface area (Å²) in [5.41, 5.74) is -0.501. The van der Waals surface area contributed by atoms with Crippen molar-refractivity contribution in [3.63, 3.8) is 0 Å². The lowest BCUT2D eigenvalue weighted by molar-refractivity contribution is -0.144. The van der Waals surface area contributed by atoms with Gasteiger partial charge in [0, 0.05) is 101 Å². The number of hydrogen-bond acceptors (Lipinski definition) is 20. The maximum absolute atomic E-state index is 14.4. The summed E-state index contributed by atoms with van der Waals surface area (Å²) in [4.78, 5) is 220. The van der Waals surface area contributed by atoms with Crippen molar-refractivity contribution in [2.24, 2.45) is 93.2 Å². The Morgan fingerprint density at radius 2 is 0.860 bits per heavy atom. The van der Waals surface area contributed by atoms with E-state index >= 15 is 0 Å². The quantitative estimate of drug-likeness (QED) is 0.0348. The van der Waals surface area contributed by atoms with E-state index < -0.39 is 128 Å². The van der Waals surface area contributed by atoms with Gasteiger partial charge in [-0.2, -0.15) is 0 Å².